The molecule has 4 rings (SSSR count). The van der Waals surface area contributed by atoms with Gasteiger partial charge in [0.15, 0.2) is 5.13 Å². The number of amides is 1. The van der Waals surface area contributed by atoms with Gasteiger partial charge in [0.2, 0.25) is 5.91 Å². The van der Waals surface area contributed by atoms with Crippen molar-refractivity contribution in [2.75, 3.05) is 10.7 Å². The zero-order valence-electron chi connectivity index (χ0n) is 15.2. The second-order valence-corrected chi connectivity index (χ2v) is 9.75. The molecule has 8 heteroatoms. The molecule has 0 aliphatic carbocycles. The fraction of sp³-hybridized carbons (Fsp3) is 0.143. The normalized spacial score (nSPS) is 11.1. The van der Waals surface area contributed by atoms with Gasteiger partial charge in [-0.25, -0.2) is 4.98 Å². The Morgan fingerprint density at radius 1 is 1.21 bits per heavy atom. The van der Waals surface area contributed by atoms with Crippen LogP contribution in [0, 0.1) is 0 Å². The molecule has 148 valence electrons. The maximum Gasteiger partial charge on any atom is 0.230 e. The van der Waals surface area contributed by atoms with Gasteiger partial charge in [0.25, 0.3) is 0 Å². The molecule has 4 aromatic rings. The predicted molar refractivity (Wildman–Crippen MR) is 124 cm³/mol. The Morgan fingerprint density at radius 2 is 2.03 bits per heavy atom. The van der Waals surface area contributed by atoms with Gasteiger partial charge in [-0.15, -0.1) is 11.8 Å². The van der Waals surface area contributed by atoms with E-state index in [0.717, 1.165) is 25.3 Å². The minimum atomic E-state index is 0.0148. The first-order valence-electron chi connectivity index (χ1n) is 8.86. The van der Waals surface area contributed by atoms with E-state index in [0.29, 0.717) is 28.9 Å². The second-order valence-electron chi connectivity index (χ2n) is 6.22. The van der Waals surface area contributed by atoms with Crippen molar-refractivity contribution in [1.82, 2.24) is 4.98 Å². The lowest BCUT2D eigenvalue weighted by Gasteiger charge is -2.18. The molecule has 0 radical (unpaired) electrons. The van der Waals surface area contributed by atoms with Crippen molar-refractivity contribution in [2.24, 2.45) is 0 Å². The number of halogens is 2. The lowest BCUT2D eigenvalue weighted by Crippen LogP contribution is -2.30. The Balaban J connectivity index is 1.51. The van der Waals surface area contributed by atoms with Crippen molar-refractivity contribution in [2.45, 2.75) is 17.9 Å². The number of furan rings is 1. The van der Waals surface area contributed by atoms with Crippen molar-refractivity contribution in [3.05, 3.63) is 76.1 Å². The maximum atomic E-state index is 13.1. The third kappa shape index (κ3) is 5.22. The fourth-order valence-electron chi connectivity index (χ4n) is 2.74. The van der Waals surface area contributed by atoms with Crippen LogP contribution >= 0.6 is 50.6 Å². The predicted octanol–water partition coefficient (Wildman–Crippen LogP) is 7.02. The highest BCUT2D eigenvalue weighted by atomic mass is 79.9. The highest BCUT2D eigenvalue weighted by Crippen LogP contribution is 2.32. The molecule has 2 aromatic heterocycles. The molecule has 0 bridgehead atoms. The van der Waals surface area contributed by atoms with Gasteiger partial charge in [-0.1, -0.05) is 38.9 Å². The smallest absolute Gasteiger partial charge is 0.230 e. The number of thiazole rings is 1. The quantitative estimate of drug-likeness (QED) is 0.252. The number of rotatable bonds is 7. The standard InChI is InChI=1S/C21H16BrClN2O2S2/c22-14-3-8-18-19(12-14)29-21(24-18)25(13-16-2-1-10-27-16)20(26)9-11-28-17-6-4-15(23)5-7-17/h1-8,10,12H,9,11,13H2. The van der Waals surface area contributed by atoms with Crippen LogP contribution in [0.1, 0.15) is 12.2 Å². The summed E-state index contributed by atoms with van der Waals surface area (Å²) in [5.74, 6) is 1.41. The minimum absolute atomic E-state index is 0.0148. The van der Waals surface area contributed by atoms with Gasteiger partial charge in [-0.05, 0) is 54.6 Å². The third-order valence-electron chi connectivity index (χ3n) is 4.16. The van der Waals surface area contributed by atoms with Crippen LogP contribution in [0.4, 0.5) is 5.13 Å². The lowest BCUT2D eigenvalue weighted by molar-refractivity contribution is -0.118. The monoisotopic (exact) mass is 506 g/mol. The Hall–Kier alpha value is -1.80. The van der Waals surface area contributed by atoms with Crippen LogP contribution in [-0.2, 0) is 11.3 Å². The number of aromatic nitrogens is 1. The van der Waals surface area contributed by atoms with Crippen molar-refractivity contribution < 1.29 is 9.21 Å². The van der Waals surface area contributed by atoms with E-state index in [1.165, 1.54) is 11.3 Å². The molecule has 0 fully saturated rings. The zero-order valence-corrected chi connectivity index (χ0v) is 19.2. The first-order chi connectivity index (χ1) is 14.1. The van der Waals surface area contributed by atoms with Gasteiger partial charge in [0.1, 0.15) is 5.76 Å². The van der Waals surface area contributed by atoms with E-state index < -0.39 is 0 Å². The Kier molecular flexibility index (Phi) is 6.60. The summed E-state index contributed by atoms with van der Waals surface area (Å²) in [6, 6.07) is 17.2. The average molecular weight is 508 g/mol. The average Bonchev–Trinajstić information content (AvgIpc) is 3.36. The highest BCUT2D eigenvalue weighted by molar-refractivity contribution is 9.10. The number of fused-ring (bicyclic) bond motifs is 1. The van der Waals surface area contributed by atoms with E-state index in [9.17, 15) is 4.79 Å². The number of hydrogen-bond acceptors (Lipinski definition) is 5. The molecule has 0 aliphatic heterocycles. The van der Waals surface area contributed by atoms with E-state index in [1.54, 1.807) is 22.9 Å². The molecule has 0 N–H and O–H groups in total. The molecule has 0 saturated carbocycles. The topological polar surface area (TPSA) is 46.3 Å². The largest absolute Gasteiger partial charge is 0.467 e. The van der Waals surface area contributed by atoms with Gasteiger partial charge < -0.3 is 4.42 Å². The molecule has 0 atom stereocenters. The van der Waals surface area contributed by atoms with E-state index in [1.807, 2.05) is 54.6 Å². The van der Waals surface area contributed by atoms with Crippen LogP contribution < -0.4 is 4.90 Å². The third-order valence-corrected chi connectivity index (χ3v) is 6.96. The molecule has 4 nitrogen and oxygen atoms in total. The number of anilines is 1. The van der Waals surface area contributed by atoms with Crippen molar-refractivity contribution in [3.8, 4) is 0 Å². The summed E-state index contributed by atoms with van der Waals surface area (Å²) in [6.07, 6.45) is 2.01. The van der Waals surface area contributed by atoms with Crippen molar-refractivity contribution >= 4 is 71.9 Å². The number of thioether (sulfide) groups is 1. The first kappa shape index (κ1) is 20.5. The van der Waals surface area contributed by atoms with Gasteiger partial charge in [0, 0.05) is 26.6 Å². The van der Waals surface area contributed by atoms with Gasteiger partial charge in [0.05, 0.1) is 23.0 Å². The lowest BCUT2D eigenvalue weighted by atomic mass is 10.3. The highest BCUT2D eigenvalue weighted by Gasteiger charge is 2.21. The number of carbonyl (C=O) groups is 1. The molecule has 2 heterocycles. The molecule has 2 aromatic carbocycles. The number of carbonyl (C=O) groups excluding carboxylic acids is 1. The molecular formula is C21H16BrClN2O2S2. The molecular weight excluding hydrogens is 492 g/mol. The number of benzene rings is 2. The Bertz CT molecular complexity index is 1110. The van der Waals surface area contributed by atoms with Crippen LogP contribution in [0.2, 0.25) is 5.02 Å². The Morgan fingerprint density at radius 3 is 2.79 bits per heavy atom. The van der Waals surface area contributed by atoms with Crippen LogP contribution in [0.25, 0.3) is 10.2 Å². The number of nitrogens with zero attached hydrogens (tertiary/aromatic N) is 2. The van der Waals surface area contributed by atoms with Crippen LogP contribution in [-0.4, -0.2) is 16.6 Å². The van der Waals surface area contributed by atoms with Gasteiger partial charge in [-0.2, -0.15) is 0 Å². The summed E-state index contributed by atoms with van der Waals surface area (Å²) in [4.78, 5) is 20.5. The maximum absolute atomic E-state index is 13.1. The molecule has 29 heavy (non-hydrogen) atoms. The van der Waals surface area contributed by atoms with Gasteiger partial charge >= 0.3 is 0 Å². The molecule has 1 amide bonds. The fourth-order valence-corrected chi connectivity index (χ4v) is 5.25. The van der Waals surface area contributed by atoms with Crippen molar-refractivity contribution in [1.29, 1.82) is 0 Å². The van der Waals surface area contributed by atoms with Crippen LogP contribution in [0.3, 0.4) is 0 Å². The summed E-state index contributed by atoms with van der Waals surface area (Å²) in [5.41, 5.74) is 0.876. The second kappa shape index (κ2) is 9.34. The van der Waals surface area contributed by atoms with E-state index in [4.69, 9.17) is 16.0 Å². The number of hydrogen-bond donors (Lipinski definition) is 0. The summed E-state index contributed by atoms with van der Waals surface area (Å²) >= 11 is 12.6. The zero-order chi connectivity index (χ0) is 20.2. The molecule has 0 spiro atoms. The van der Waals surface area contributed by atoms with Crippen LogP contribution in [0.15, 0.2) is 74.6 Å². The van der Waals surface area contributed by atoms with E-state index in [-0.39, 0.29) is 5.91 Å². The summed E-state index contributed by atoms with van der Waals surface area (Å²) in [5, 5.41) is 1.38. The Labute approximate surface area is 190 Å². The molecule has 0 unspecified atom stereocenters. The molecule has 0 aliphatic rings. The first-order valence-corrected chi connectivity index (χ1v) is 11.8. The molecule has 0 saturated heterocycles. The summed E-state index contributed by atoms with van der Waals surface area (Å²) < 4.78 is 7.49. The van der Waals surface area contributed by atoms with Gasteiger partial charge in [-0.3, -0.25) is 9.69 Å². The van der Waals surface area contributed by atoms with E-state index >= 15 is 0 Å². The van der Waals surface area contributed by atoms with Crippen LogP contribution in [0.5, 0.6) is 0 Å². The minimum Gasteiger partial charge on any atom is -0.467 e. The SMILES string of the molecule is O=C(CCSc1ccc(Cl)cc1)N(Cc1ccco1)c1nc2ccc(Br)cc2s1. The van der Waals surface area contributed by atoms with Crippen molar-refractivity contribution in [3.63, 3.8) is 0 Å². The summed E-state index contributed by atoms with van der Waals surface area (Å²) in [7, 11) is 0. The van der Waals surface area contributed by atoms with E-state index in [2.05, 4.69) is 20.9 Å². The summed E-state index contributed by atoms with van der Waals surface area (Å²) in [6.45, 7) is 0.360.